The lowest BCUT2D eigenvalue weighted by Crippen LogP contribution is -2.46. The summed E-state index contributed by atoms with van der Waals surface area (Å²) in [6.45, 7) is 3.60. The normalized spacial score (nSPS) is 16.6. The average Bonchev–Trinajstić information content (AvgIpc) is 2.45. The van der Waals surface area contributed by atoms with E-state index in [0.29, 0.717) is 25.4 Å². The van der Waals surface area contributed by atoms with Gasteiger partial charge in [-0.15, -0.1) is 0 Å². The van der Waals surface area contributed by atoms with Crippen LogP contribution in [0.15, 0.2) is 24.3 Å². The van der Waals surface area contributed by atoms with E-state index in [0.717, 1.165) is 5.75 Å². The molecule has 0 aromatic heterocycles. The minimum atomic E-state index is -0.845. The Balaban J connectivity index is 1.88. The van der Waals surface area contributed by atoms with E-state index in [1.807, 2.05) is 41.4 Å². The molecule has 3 N–H and O–H groups in total. The van der Waals surface area contributed by atoms with Crippen LogP contribution in [0.4, 0.5) is 4.79 Å². The number of nitrogens with zero attached hydrogens (tertiary/aromatic N) is 1. The molecule has 0 radical (unpaired) electrons. The Hall–Kier alpha value is -2.28. The quantitative estimate of drug-likeness (QED) is 0.816. The Morgan fingerprint density at radius 2 is 2.10 bits per heavy atom. The summed E-state index contributed by atoms with van der Waals surface area (Å²) >= 11 is 0. The summed E-state index contributed by atoms with van der Waals surface area (Å²) in [6, 6.07) is 6.61. The number of para-hydroxylation sites is 2. The van der Waals surface area contributed by atoms with Crippen LogP contribution < -0.4 is 20.5 Å². The molecule has 0 saturated heterocycles. The van der Waals surface area contributed by atoms with Crippen LogP contribution in [0, 0.1) is 0 Å². The standard InChI is InChI=1S/C14H19N3O4/c1-2-17(8-13(18)16-14(15)19)7-10-9-20-11-5-3-4-6-12(11)21-10/h3-6,10H,2,7-9H2,1H3,(H3,15,16,18,19). The molecule has 1 atom stereocenters. The van der Waals surface area contributed by atoms with E-state index in [1.54, 1.807) is 0 Å². The highest BCUT2D eigenvalue weighted by atomic mass is 16.6. The van der Waals surface area contributed by atoms with Crippen LogP contribution in [-0.4, -0.2) is 49.2 Å². The molecule has 7 heteroatoms. The van der Waals surface area contributed by atoms with Crippen molar-refractivity contribution < 1.29 is 19.1 Å². The van der Waals surface area contributed by atoms with Gasteiger partial charge in [-0.25, -0.2) is 4.79 Å². The third-order valence-electron chi connectivity index (χ3n) is 3.11. The van der Waals surface area contributed by atoms with Crippen LogP contribution in [0.2, 0.25) is 0 Å². The van der Waals surface area contributed by atoms with Crippen LogP contribution >= 0.6 is 0 Å². The predicted molar refractivity (Wildman–Crippen MR) is 76.2 cm³/mol. The minimum absolute atomic E-state index is 0.0843. The summed E-state index contributed by atoms with van der Waals surface area (Å²) in [6.07, 6.45) is -0.166. The molecule has 0 spiro atoms. The van der Waals surface area contributed by atoms with Crippen molar-refractivity contribution in [3.05, 3.63) is 24.3 Å². The molecule has 1 aromatic carbocycles. The maximum Gasteiger partial charge on any atom is 0.318 e. The van der Waals surface area contributed by atoms with Crippen molar-refractivity contribution in [2.45, 2.75) is 13.0 Å². The monoisotopic (exact) mass is 293 g/mol. The number of ether oxygens (including phenoxy) is 2. The number of amides is 3. The zero-order chi connectivity index (χ0) is 15.2. The number of urea groups is 1. The van der Waals surface area contributed by atoms with Crippen molar-refractivity contribution in [1.29, 1.82) is 0 Å². The fraction of sp³-hybridized carbons (Fsp3) is 0.429. The second-order valence-electron chi connectivity index (χ2n) is 4.74. The Bertz CT molecular complexity index is 521. The fourth-order valence-corrected chi connectivity index (χ4v) is 2.13. The molecule has 0 fully saturated rings. The summed E-state index contributed by atoms with van der Waals surface area (Å²) < 4.78 is 11.5. The van der Waals surface area contributed by atoms with Gasteiger partial charge in [-0.1, -0.05) is 19.1 Å². The first-order valence-corrected chi connectivity index (χ1v) is 6.78. The maximum atomic E-state index is 11.5. The number of benzene rings is 1. The van der Waals surface area contributed by atoms with Gasteiger partial charge in [0.1, 0.15) is 12.7 Å². The van der Waals surface area contributed by atoms with Gasteiger partial charge in [0.05, 0.1) is 6.54 Å². The summed E-state index contributed by atoms with van der Waals surface area (Å²) in [5.41, 5.74) is 4.91. The van der Waals surface area contributed by atoms with Gasteiger partial charge in [-0.3, -0.25) is 15.0 Å². The van der Waals surface area contributed by atoms with Gasteiger partial charge in [0, 0.05) is 6.54 Å². The predicted octanol–water partition coefficient (Wildman–Crippen LogP) is 0.343. The van der Waals surface area contributed by atoms with Crippen LogP contribution in [-0.2, 0) is 4.79 Å². The van der Waals surface area contributed by atoms with Gasteiger partial charge in [0.25, 0.3) is 0 Å². The fourth-order valence-electron chi connectivity index (χ4n) is 2.13. The van der Waals surface area contributed by atoms with Gasteiger partial charge in [0.2, 0.25) is 5.91 Å². The second-order valence-corrected chi connectivity index (χ2v) is 4.74. The van der Waals surface area contributed by atoms with Gasteiger partial charge in [0.15, 0.2) is 11.5 Å². The van der Waals surface area contributed by atoms with Crippen molar-refractivity contribution in [2.75, 3.05) is 26.2 Å². The van der Waals surface area contributed by atoms with E-state index in [9.17, 15) is 9.59 Å². The lowest BCUT2D eigenvalue weighted by Gasteiger charge is -2.30. The summed E-state index contributed by atoms with van der Waals surface area (Å²) in [4.78, 5) is 24.0. The Kier molecular flexibility index (Phi) is 4.99. The number of fused-ring (bicyclic) bond motifs is 1. The highest BCUT2D eigenvalue weighted by Gasteiger charge is 2.23. The third kappa shape index (κ3) is 4.35. The molecule has 7 nitrogen and oxygen atoms in total. The Labute approximate surface area is 123 Å². The first kappa shape index (κ1) is 15.1. The second kappa shape index (κ2) is 6.94. The first-order valence-electron chi connectivity index (χ1n) is 6.78. The molecule has 1 heterocycles. The number of hydrogen-bond donors (Lipinski definition) is 2. The number of carbonyl (C=O) groups excluding carboxylic acids is 2. The van der Waals surface area contributed by atoms with E-state index >= 15 is 0 Å². The molecular weight excluding hydrogens is 274 g/mol. The van der Waals surface area contributed by atoms with Crippen molar-refractivity contribution in [3.8, 4) is 11.5 Å². The topological polar surface area (TPSA) is 93.9 Å². The highest BCUT2D eigenvalue weighted by Crippen LogP contribution is 2.30. The van der Waals surface area contributed by atoms with E-state index in [4.69, 9.17) is 15.2 Å². The number of rotatable bonds is 5. The molecule has 3 amide bonds. The number of imide groups is 1. The zero-order valence-corrected chi connectivity index (χ0v) is 11.9. The number of likely N-dealkylation sites (N-methyl/N-ethyl adjacent to an activating group) is 1. The molecule has 1 unspecified atom stereocenters. The highest BCUT2D eigenvalue weighted by molar-refractivity contribution is 5.94. The smallest absolute Gasteiger partial charge is 0.318 e. The van der Waals surface area contributed by atoms with E-state index in [2.05, 4.69) is 0 Å². The summed E-state index contributed by atoms with van der Waals surface area (Å²) in [5, 5.41) is 2.05. The van der Waals surface area contributed by atoms with Gasteiger partial charge >= 0.3 is 6.03 Å². The van der Waals surface area contributed by atoms with Crippen molar-refractivity contribution >= 4 is 11.9 Å². The molecule has 21 heavy (non-hydrogen) atoms. The van der Waals surface area contributed by atoms with Crippen molar-refractivity contribution in [1.82, 2.24) is 10.2 Å². The molecule has 0 saturated carbocycles. The van der Waals surface area contributed by atoms with E-state index in [1.165, 1.54) is 0 Å². The lowest BCUT2D eigenvalue weighted by molar-refractivity contribution is -0.121. The molecular formula is C14H19N3O4. The average molecular weight is 293 g/mol. The SMILES string of the molecule is CCN(CC(=O)NC(N)=O)CC1COc2ccccc2O1. The van der Waals surface area contributed by atoms with Crippen LogP contribution in [0.3, 0.4) is 0 Å². The summed E-state index contributed by atoms with van der Waals surface area (Å²) in [7, 11) is 0. The van der Waals surface area contributed by atoms with Gasteiger partial charge < -0.3 is 15.2 Å². The Morgan fingerprint density at radius 1 is 1.38 bits per heavy atom. The Morgan fingerprint density at radius 3 is 2.76 bits per heavy atom. The van der Waals surface area contributed by atoms with E-state index < -0.39 is 11.9 Å². The molecule has 2 rings (SSSR count). The number of nitrogens with one attached hydrogen (secondary N) is 1. The van der Waals surface area contributed by atoms with Crippen LogP contribution in [0.25, 0.3) is 0 Å². The molecule has 1 aliphatic rings. The third-order valence-corrected chi connectivity index (χ3v) is 3.11. The van der Waals surface area contributed by atoms with Crippen LogP contribution in [0.1, 0.15) is 6.92 Å². The summed E-state index contributed by atoms with van der Waals surface area (Å²) in [5.74, 6) is 0.996. The molecule has 0 bridgehead atoms. The molecule has 114 valence electrons. The molecule has 0 aliphatic carbocycles. The largest absolute Gasteiger partial charge is 0.486 e. The molecule has 1 aliphatic heterocycles. The van der Waals surface area contributed by atoms with Crippen LogP contribution in [0.5, 0.6) is 11.5 Å². The van der Waals surface area contributed by atoms with Crippen molar-refractivity contribution in [2.24, 2.45) is 5.73 Å². The number of nitrogens with two attached hydrogens (primary N) is 1. The molecule has 1 aromatic rings. The van der Waals surface area contributed by atoms with E-state index in [-0.39, 0.29) is 12.6 Å². The maximum absolute atomic E-state index is 11.5. The lowest BCUT2D eigenvalue weighted by atomic mass is 10.2. The number of primary amides is 1. The van der Waals surface area contributed by atoms with Crippen molar-refractivity contribution in [3.63, 3.8) is 0 Å². The zero-order valence-electron chi connectivity index (χ0n) is 11.9. The van der Waals surface area contributed by atoms with Gasteiger partial charge in [-0.05, 0) is 18.7 Å². The number of hydrogen-bond acceptors (Lipinski definition) is 5. The number of carbonyl (C=O) groups is 2. The minimum Gasteiger partial charge on any atom is -0.486 e. The van der Waals surface area contributed by atoms with Gasteiger partial charge in [-0.2, -0.15) is 0 Å². The first-order chi connectivity index (χ1) is 10.1.